The van der Waals surface area contributed by atoms with Crippen LogP contribution in [0.5, 0.6) is 0 Å². The lowest BCUT2D eigenvalue weighted by Crippen LogP contribution is -2.58. The van der Waals surface area contributed by atoms with Crippen LogP contribution in [0, 0.1) is 17.8 Å². The molecule has 0 radical (unpaired) electrons. The van der Waals surface area contributed by atoms with Gasteiger partial charge in [-0.3, -0.25) is 9.59 Å². The number of hydrogen-bond donors (Lipinski definition) is 1. The summed E-state index contributed by atoms with van der Waals surface area (Å²) in [5.74, 6) is -1.60. The zero-order valence-electron chi connectivity index (χ0n) is 12.4. The standard InChI is InChI=1S/C16H20N2O4/c19-14-13-12(15(20)21)11-1-4-16(13,22-11)8-18(14)10-7-17-5-2-9(10)3-6-17/h1,4,9-13H,2-3,5-8H2,(H,20,21)/t10-,11-,12+,13-,16+/m1/s1. The molecule has 0 aromatic heterocycles. The molecule has 0 saturated carbocycles. The fourth-order valence-corrected chi connectivity index (χ4v) is 5.38. The SMILES string of the molecule is O=C(O)[C@H]1[C@H]2C=C[C@@]3(CN([C@@H]4CN5CCC4CC5)C(=O)[C@@H]13)O2. The predicted molar refractivity (Wildman–Crippen MR) is 76.0 cm³/mol. The van der Waals surface area contributed by atoms with Crippen molar-refractivity contribution in [3.05, 3.63) is 12.2 Å². The van der Waals surface area contributed by atoms with Crippen molar-refractivity contribution in [2.75, 3.05) is 26.2 Å². The lowest BCUT2D eigenvalue weighted by atomic mass is 9.77. The maximum atomic E-state index is 13.0. The number of carboxylic acid groups (broad SMARTS) is 1. The van der Waals surface area contributed by atoms with Crippen LogP contribution < -0.4 is 0 Å². The van der Waals surface area contributed by atoms with Crippen LogP contribution in [0.3, 0.4) is 0 Å². The van der Waals surface area contributed by atoms with E-state index in [1.54, 1.807) is 0 Å². The Bertz CT molecular complexity index is 583. The van der Waals surface area contributed by atoms with Gasteiger partial charge in [-0.05, 0) is 31.8 Å². The zero-order valence-corrected chi connectivity index (χ0v) is 12.4. The van der Waals surface area contributed by atoms with Gasteiger partial charge in [0, 0.05) is 12.6 Å². The number of rotatable bonds is 2. The molecular formula is C16H20N2O4. The molecule has 6 aliphatic rings. The Balaban J connectivity index is 1.48. The van der Waals surface area contributed by atoms with Crippen molar-refractivity contribution in [1.29, 1.82) is 0 Å². The molecule has 6 heteroatoms. The average Bonchev–Trinajstić information content (AvgIpc) is 3.16. The zero-order chi connectivity index (χ0) is 15.1. The van der Waals surface area contributed by atoms with Crippen LogP contribution in [0.15, 0.2) is 12.2 Å². The fourth-order valence-electron chi connectivity index (χ4n) is 5.38. The van der Waals surface area contributed by atoms with E-state index in [9.17, 15) is 14.7 Å². The summed E-state index contributed by atoms with van der Waals surface area (Å²) < 4.78 is 5.96. The minimum atomic E-state index is -0.912. The van der Waals surface area contributed by atoms with Gasteiger partial charge in [-0.25, -0.2) is 0 Å². The third-order valence-electron chi connectivity index (χ3n) is 6.44. The number of likely N-dealkylation sites (tertiary alicyclic amines) is 1. The van der Waals surface area contributed by atoms with Gasteiger partial charge in [-0.1, -0.05) is 12.2 Å². The van der Waals surface area contributed by atoms with E-state index in [0.29, 0.717) is 12.5 Å². The van der Waals surface area contributed by atoms with Gasteiger partial charge < -0.3 is 19.6 Å². The smallest absolute Gasteiger partial charge is 0.310 e. The van der Waals surface area contributed by atoms with E-state index >= 15 is 0 Å². The third-order valence-corrected chi connectivity index (χ3v) is 6.44. The lowest BCUT2D eigenvalue weighted by molar-refractivity contribution is -0.149. The summed E-state index contributed by atoms with van der Waals surface area (Å²) in [6.07, 6.45) is 5.64. The summed E-state index contributed by atoms with van der Waals surface area (Å²) in [6.45, 7) is 3.73. The molecule has 6 nitrogen and oxygen atoms in total. The highest BCUT2D eigenvalue weighted by Crippen LogP contribution is 2.53. The molecule has 22 heavy (non-hydrogen) atoms. The third kappa shape index (κ3) is 1.47. The van der Waals surface area contributed by atoms with E-state index in [1.165, 1.54) is 0 Å². The first-order valence-corrected chi connectivity index (χ1v) is 8.22. The van der Waals surface area contributed by atoms with Crippen LogP contribution in [0.1, 0.15) is 12.8 Å². The molecule has 1 amide bonds. The largest absolute Gasteiger partial charge is 0.481 e. The molecule has 118 valence electrons. The molecule has 5 saturated heterocycles. The number of carboxylic acids is 1. The normalized spacial score (nSPS) is 51.6. The van der Waals surface area contributed by atoms with E-state index in [2.05, 4.69) is 4.90 Å². The van der Waals surface area contributed by atoms with Crippen LogP contribution in [0.25, 0.3) is 0 Å². The number of nitrogens with zero attached hydrogens (tertiary/aromatic N) is 2. The molecule has 0 aliphatic carbocycles. The van der Waals surface area contributed by atoms with Crippen molar-refractivity contribution >= 4 is 11.9 Å². The van der Waals surface area contributed by atoms with Crippen LogP contribution in [-0.2, 0) is 14.3 Å². The lowest BCUT2D eigenvalue weighted by Gasteiger charge is -2.48. The minimum absolute atomic E-state index is 0.00185. The Labute approximate surface area is 128 Å². The van der Waals surface area contributed by atoms with Gasteiger partial charge in [0.05, 0.1) is 18.6 Å². The molecule has 5 atom stereocenters. The second-order valence-electron chi connectivity index (χ2n) is 7.41. The number of amides is 1. The molecule has 6 heterocycles. The molecule has 6 aliphatic heterocycles. The summed E-state index contributed by atoms with van der Waals surface area (Å²) in [4.78, 5) is 29.0. The average molecular weight is 304 g/mol. The van der Waals surface area contributed by atoms with Gasteiger partial charge in [0.25, 0.3) is 0 Å². The predicted octanol–water partition coefficient (Wildman–Crippen LogP) is -0.0528. The molecule has 5 fully saturated rings. The Morgan fingerprint density at radius 3 is 2.77 bits per heavy atom. The number of piperidine rings is 3. The summed E-state index contributed by atoms with van der Waals surface area (Å²) in [7, 11) is 0. The first-order valence-electron chi connectivity index (χ1n) is 8.22. The first-order chi connectivity index (χ1) is 10.6. The summed E-state index contributed by atoms with van der Waals surface area (Å²) in [5.41, 5.74) is -0.684. The number of ether oxygens (including phenoxy) is 1. The van der Waals surface area contributed by atoms with Gasteiger partial charge in [-0.2, -0.15) is 0 Å². The fraction of sp³-hybridized carbons (Fsp3) is 0.750. The number of carbonyl (C=O) groups is 2. The molecule has 6 rings (SSSR count). The van der Waals surface area contributed by atoms with Gasteiger partial charge in [0.15, 0.2) is 0 Å². The molecule has 0 unspecified atom stereocenters. The Kier molecular flexibility index (Phi) is 2.45. The van der Waals surface area contributed by atoms with Gasteiger partial charge in [-0.15, -0.1) is 0 Å². The van der Waals surface area contributed by atoms with Crippen molar-refractivity contribution in [3.63, 3.8) is 0 Å². The molecule has 4 bridgehead atoms. The maximum absolute atomic E-state index is 13.0. The highest BCUT2D eigenvalue weighted by atomic mass is 16.5. The summed E-state index contributed by atoms with van der Waals surface area (Å²) in [5, 5.41) is 9.51. The topological polar surface area (TPSA) is 70.1 Å². The van der Waals surface area contributed by atoms with Crippen LogP contribution in [-0.4, -0.2) is 70.7 Å². The Morgan fingerprint density at radius 2 is 2.14 bits per heavy atom. The second-order valence-corrected chi connectivity index (χ2v) is 7.41. The molecule has 0 aromatic carbocycles. The minimum Gasteiger partial charge on any atom is -0.481 e. The van der Waals surface area contributed by atoms with E-state index < -0.39 is 29.5 Å². The van der Waals surface area contributed by atoms with Crippen molar-refractivity contribution in [3.8, 4) is 0 Å². The van der Waals surface area contributed by atoms with Crippen molar-refractivity contribution in [2.45, 2.75) is 30.6 Å². The van der Waals surface area contributed by atoms with Crippen molar-refractivity contribution in [1.82, 2.24) is 9.80 Å². The monoisotopic (exact) mass is 304 g/mol. The summed E-state index contributed by atoms with van der Waals surface area (Å²) in [6, 6.07) is 0.237. The number of fused-ring (bicyclic) bond motifs is 4. The molecule has 1 spiro atoms. The van der Waals surface area contributed by atoms with Gasteiger partial charge >= 0.3 is 5.97 Å². The highest BCUT2D eigenvalue weighted by Gasteiger charge is 2.68. The molecular weight excluding hydrogens is 284 g/mol. The molecule has 0 aromatic rings. The van der Waals surface area contributed by atoms with E-state index in [0.717, 1.165) is 32.5 Å². The van der Waals surface area contributed by atoms with Crippen LogP contribution >= 0.6 is 0 Å². The van der Waals surface area contributed by atoms with Crippen LogP contribution in [0.4, 0.5) is 0 Å². The summed E-state index contributed by atoms with van der Waals surface area (Å²) >= 11 is 0. The van der Waals surface area contributed by atoms with Crippen molar-refractivity contribution < 1.29 is 19.4 Å². The van der Waals surface area contributed by atoms with E-state index in [4.69, 9.17) is 4.74 Å². The number of hydrogen-bond acceptors (Lipinski definition) is 4. The number of carbonyl (C=O) groups excluding carboxylic acids is 1. The highest BCUT2D eigenvalue weighted by molar-refractivity contribution is 5.91. The van der Waals surface area contributed by atoms with E-state index in [-0.39, 0.29) is 11.9 Å². The first kappa shape index (κ1) is 13.1. The maximum Gasteiger partial charge on any atom is 0.310 e. The Morgan fingerprint density at radius 1 is 1.36 bits per heavy atom. The molecule has 1 N–H and O–H groups in total. The quantitative estimate of drug-likeness (QED) is 0.724. The van der Waals surface area contributed by atoms with Crippen molar-refractivity contribution in [2.24, 2.45) is 17.8 Å². The van der Waals surface area contributed by atoms with Gasteiger partial charge in [0.1, 0.15) is 11.5 Å². The van der Waals surface area contributed by atoms with Gasteiger partial charge in [0.2, 0.25) is 5.91 Å². The Hall–Kier alpha value is -1.40. The van der Waals surface area contributed by atoms with E-state index in [1.807, 2.05) is 17.1 Å². The second kappa shape index (κ2) is 4.11. The van der Waals surface area contributed by atoms with Crippen LogP contribution in [0.2, 0.25) is 0 Å². The number of aliphatic carboxylic acids is 1.